The van der Waals surface area contributed by atoms with Gasteiger partial charge in [0.2, 0.25) is 5.91 Å². The highest BCUT2D eigenvalue weighted by atomic mass is 35.5. The second-order valence-electron chi connectivity index (χ2n) is 6.36. The Morgan fingerprint density at radius 2 is 1.91 bits per heavy atom. The number of nitrogens with two attached hydrogens (primary N) is 1. The van der Waals surface area contributed by atoms with Crippen LogP contribution in [0.4, 0.5) is 4.79 Å². The van der Waals surface area contributed by atoms with Gasteiger partial charge in [0.25, 0.3) is 0 Å². The molecule has 0 aromatic rings. The minimum Gasteiger partial charge on any atom is -0.352 e. The molecule has 0 aromatic heterocycles. The smallest absolute Gasteiger partial charge is 0.317 e. The van der Waals surface area contributed by atoms with Gasteiger partial charge < -0.3 is 21.3 Å². The first-order chi connectivity index (χ1) is 10.1. The fourth-order valence-electron chi connectivity index (χ4n) is 3.13. The molecule has 1 saturated carbocycles. The summed E-state index contributed by atoms with van der Waals surface area (Å²) in [5.74, 6) is -0.0894. The quantitative estimate of drug-likeness (QED) is 0.723. The molecular formula is C15H29ClN4O2. The Kier molecular flexibility index (Phi) is 7.96. The molecule has 7 heteroatoms. The molecule has 2 fully saturated rings. The molecule has 0 spiro atoms. The first-order valence-corrected chi connectivity index (χ1v) is 8.16. The highest BCUT2D eigenvalue weighted by Gasteiger charge is 2.30. The molecule has 0 aromatic carbocycles. The summed E-state index contributed by atoms with van der Waals surface area (Å²) in [7, 11) is 0. The third kappa shape index (κ3) is 5.32. The van der Waals surface area contributed by atoms with E-state index in [-0.39, 0.29) is 36.3 Å². The van der Waals surface area contributed by atoms with Crippen LogP contribution in [0, 0.1) is 5.92 Å². The Morgan fingerprint density at radius 1 is 1.23 bits per heavy atom. The summed E-state index contributed by atoms with van der Waals surface area (Å²) in [6, 6.07) is 0.301. The van der Waals surface area contributed by atoms with Crippen molar-refractivity contribution in [2.75, 3.05) is 19.6 Å². The van der Waals surface area contributed by atoms with Gasteiger partial charge in [-0.2, -0.15) is 0 Å². The van der Waals surface area contributed by atoms with Gasteiger partial charge in [-0.1, -0.05) is 12.8 Å². The molecule has 1 aliphatic carbocycles. The average Bonchev–Trinajstić information content (AvgIpc) is 3.00. The van der Waals surface area contributed by atoms with Gasteiger partial charge in [0.1, 0.15) is 0 Å². The summed E-state index contributed by atoms with van der Waals surface area (Å²) in [6.07, 6.45) is 6.29. The molecular weight excluding hydrogens is 304 g/mol. The number of carbonyl (C=O) groups excluding carboxylic acids is 2. The van der Waals surface area contributed by atoms with Gasteiger partial charge in [-0.15, -0.1) is 12.4 Å². The van der Waals surface area contributed by atoms with E-state index < -0.39 is 0 Å². The van der Waals surface area contributed by atoms with Crippen molar-refractivity contribution in [3.8, 4) is 0 Å². The van der Waals surface area contributed by atoms with Gasteiger partial charge in [0.05, 0.1) is 5.92 Å². The highest BCUT2D eigenvalue weighted by molar-refractivity contribution is 5.85. The van der Waals surface area contributed by atoms with Crippen molar-refractivity contribution in [1.82, 2.24) is 15.5 Å². The van der Waals surface area contributed by atoms with Crippen molar-refractivity contribution in [1.29, 1.82) is 0 Å². The molecule has 1 unspecified atom stereocenters. The van der Waals surface area contributed by atoms with Crippen molar-refractivity contribution in [2.45, 2.75) is 57.5 Å². The van der Waals surface area contributed by atoms with Crippen LogP contribution in [-0.2, 0) is 4.79 Å². The third-order valence-corrected chi connectivity index (χ3v) is 4.50. The number of likely N-dealkylation sites (tertiary alicyclic amines) is 1. The summed E-state index contributed by atoms with van der Waals surface area (Å²) < 4.78 is 0. The summed E-state index contributed by atoms with van der Waals surface area (Å²) in [5, 5.41) is 6.00. The van der Waals surface area contributed by atoms with Crippen LogP contribution in [-0.4, -0.2) is 48.6 Å². The minimum absolute atomic E-state index is 0. The topological polar surface area (TPSA) is 87.5 Å². The van der Waals surface area contributed by atoms with E-state index in [2.05, 4.69) is 10.6 Å². The predicted molar refractivity (Wildman–Crippen MR) is 89.0 cm³/mol. The first-order valence-electron chi connectivity index (χ1n) is 8.16. The minimum atomic E-state index is -0.109. The summed E-state index contributed by atoms with van der Waals surface area (Å²) >= 11 is 0. The number of hydrogen-bond acceptors (Lipinski definition) is 3. The molecule has 6 nitrogen and oxygen atoms in total. The van der Waals surface area contributed by atoms with E-state index >= 15 is 0 Å². The lowest BCUT2D eigenvalue weighted by Crippen LogP contribution is -2.51. The number of hydrogen-bond donors (Lipinski definition) is 3. The monoisotopic (exact) mass is 332 g/mol. The van der Waals surface area contributed by atoms with E-state index in [0.29, 0.717) is 19.1 Å². The van der Waals surface area contributed by atoms with Crippen molar-refractivity contribution < 1.29 is 9.59 Å². The second-order valence-corrected chi connectivity index (χ2v) is 6.36. The van der Waals surface area contributed by atoms with Crippen LogP contribution < -0.4 is 16.4 Å². The number of rotatable bonds is 4. The van der Waals surface area contributed by atoms with Gasteiger partial charge in [-0.3, -0.25) is 4.79 Å². The molecule has 2 aliphatic rings. The maximum Gasteiger partial charge on any atom is 0.317 e. The standard InChI is InChI=1S/C15H28N4O2.ClH/c1-11(9-16)17-14(20)12-5-4-8-19(10-12)15(21)18-13-6-2-3-7-13;/h11-13H,2-10,16H2,1H3,(H,17,20)(H,18,21);1H/t11-,12?;/m0./s1. The fourth-order valence-corrected chi connectivity index (χ4v) is 3.13. The normalized spacial score (nSPS) is 23.5. The molecule has 1 aliphatic heterocycles. The Morgan fingerprint density at radius 3 is 2.55 bits per heavy atom. The van der Waals surface area contributed by atoms with Crippen LogP contribution in [0.3, 0.4) is 0 Å². The lowest BCUT2D eigenvalue weighted by molar-refractivity contribution is -0.126. The van der Waals surface area contributed by atoms with E-state index in [1.54, 1.807) is 4.90 Å². The molecule has 0 radical (unpaired) electrons. The van der Waals surface area contributed by atoms with Gasteiger partial charge >= 0.3 is 6.03 Å². The van der Waals surface area contributed by atoms with Gasteiger partial charge in [-0.05, 0) is 32.6 Å². The van der Waals surface area contributed by atoms with Crippen molar-refractivity contribution in [3.05, 3.63) is 0 Å². The van der Waals surface area contributed by atoms with Gasteiger partial charge in [-0.25, -0.2) is 4.79 Å². The number of nitrogens with zero attached hydrogens (tertiary/aromatic N) is 1. The second kappa shape index (κ2) is 9.20. The van der Waals surface area contributed by atoms with E-state index in [9.17, 15) is 9.59 Å². The zero-order valence-electron chi connectivity index (χ0n) is 13.3. The molecule has 1 heterocycles. The van der Waals surface area contributed by atoms with Crippen molar-refractivity contribution in [3.63, 3.8) is 0 Å². The number of carbonyl (C=O) groups is 2. The molecule has 4 N–H and O–H groups in total. The van der Waals surface area contributed by atoms with Crippen LogP contribution in [0.1, 0.15) is 45.4 Å². The van der Waals surface area contributed by atoms with E-state index in [4.69, 9.17) is 5.73 Å². The fraction of sp³-hybridized carbons (Fsp3) is 0.867. The van der Waals surface area contributed by atoms with Crippen LogP contribution in [0.2, 0.25) is 0 Å². The Labute approximate surface area is 139 Å². The van der Waals surface area contributed by atoms with Crippen LogP contribution in [0.15, 0.2) is 0 Å². The average molecular weight is 333 g/mol. The number of halogens is 1. The molecule has 128 valence electrons. The molecule has 1 saturated heterocycles. The number of amides is 3. The van der Waals surface area contributed by atoms with Crippen molar-refractivity contribution in [2.24, 2.45) is 11.7 Å². The van der Waals surface area contributed by atoms with E-state index in [1.165, 1.54) is 12.8 Å². The van der Waals surface area contributed by atoms with Crippen molar-refractivity contribution >= 4 is 24.3 Å². The predicted octanol–water partition coefficient (Wildman–Crippen LogP) is 1.24. The van der Waals surface area contributed by atoms with Gasteiger partial charge in [0.15, 0.2) is 0 Å². The molecule has 0 bridgehead atoms. The summed E-state index contributed by atoms with van der Waals surface area (Å²) in [5.41, 5.74) is 5.53. The molecule has 2 rings (SSSR count). The maximum atomic E-state index is 12.3. The summed E-state index contributed by atoms with van der Waals surface area (Å²) in [4.78, 5) is 26.2. The van der Waals surface area contributed by atoms with Crippen LogP contribution >= 0.6 is 12.4 Å². The molecule has 3 amide bonds. The van der Waals surface area contributed by atoms with E-state index in [0.717, 1.165) is 32.2 Å². The lowest BCUT2D eigenvalue weighted by atomic mass is 9.97. The number of urea groups is 1. The molecule has 2 atom stereocenters. The number of nitrogens with one attached hydrogen (secondary N) is 2. The SMILES string of the molecule is C[C@@H](CN)NC(=O)C1CCCN(C(=O)NC2CCCC2)C1.Cl. The largest absolute Gasteiger partial charge is 0.352 e. The van der Waals surface area contributed by atoms with E-state index in [1.807, 2.05) is 6.92 Å². The molecule has 22 heavy (non-hydrogen) atoms. The maximum absolute atomic E-state index is 12.3. The lowest BCUT2D eigenvalue weighted by Gasteiger charge is -2.33. The Hall–Kier alpha value is -1.01. The highest BCUT2D eigenvalue weighted by Crippen LogP contribution is 2.20. The van der Waals surface area contributed by atoms with Crippen LogP contribution in [0.25, 0.3) is 0 Å². The zero-order chi connectivity index (χ0) is 15.2. The summed E-state index contributed by atoms with van der Waals surface area (Å²) in [6.45, 7) is 3.59. The van der Waals surface area contributed by atoms with Crippen LogP contribution in [0.5, 0.6) is 0 Å². The Balaban J connectivity index is 0.00000242. The Bertz CT molecular complexity index is 375. The number of piperidine rings is 1. The van der Waals surface area contributed by atoms with Gasteiger partial charge in [0, 0.05) is 31.7 Å². The first kappa shape index (κ1) is 19.0. The zero-order valence-corrected chi connectivity index (χ0v) is 14.2. The third-order valence-electron chi connectivity index (χ3n) is 4.50.